The minimum Gasteiger partial charge on any atom is -0.481 e. The van der Waals surface area contributed by atoms with Crippen molar-refractivity contribution >= 4 is 12.0 Å². The molecule has 1 aliphatic rings. The summed E-state index contributed by atoms with van der Waals surface area (Å²) in [6.45, 7) is 7.58. The van der Waals surface area contributed by atoms with Crippen molar-refractivity contribution in [1.82, 2.24) is 10.2 Å². The molecule has 0 aromatic carbocycles. The molecule has 1 rings (SSSR count). The predicted octanol–water partition coefficient (Wildman–Crippen LogP) is 3.10. The largest absolute Gasteiger partial charge is 0.481 e. The Morgan fingerprint density at radius 2 is 1.86 bits per heavy atom. The van der Waals surface area contributed by atoms with Gasteiger partial charge in [0.2, 0.25) is 0 Å². The average Bonchev–Trinajstić information content (AvgIpc) is 2.93. The minimum atomic E-state index is -0.777. The van der Waals surface area contributed by atoms with Crippen molar-refractivity contribution in [3.05, 3.63) is 0 Å². The van der Waals surface area contributed by atoms with Crippen molar-refractivity contribution in [3.63, 3.8) is 0 Å². The van der Waals surface area contributed by atoms with Crippen molar-refractivity contribution in [1.29, 1.82) is 0 Å². The standard InChI is InChI=1S/C16H30N2O3/c1-12(2)11-18(14-6-4-5-7-14)16(21)17-10-13(3)8-9-15(19)20/h12-14H,4-11H2,1-3H3,(H,17,21)(H,19,20). The Labute approximate surface area is 128 Å². The molecule has 2 amide bonds. The van der Waals surface area contributed by atoms with E-state index in [0.29, 0.717) is 24.9 Å². The number of nitrogens with zero attached hydrogens (tertiary/aromatic N) is 1. The number of rotatable bonds is 8. The summed E-state index contributed by atoms with van der Waals surface area (Å²) in [5.41, 5.74) is 0. The smallest absolute Gasteiger partial charge is 0.317 e. The number of hydrogen-bond acceptors (Lipinski definition) is 2. The number of hydrogen-bond donors (Lipinski definition) is 2. The Kier molecular flexibility index (Phi) is 7.54. The van der Waals surface area contributed by atoms with Crippen LogP contribution >= 0.6 is 0 Å². The van der Waals surface area contributed by atoms with E-state index in [2.05, 4.69) is 19.2 Å². The van der Waals surface area contributed by atoms with Crippen LogP contribution in [0.4, 0.5) is 4.79 Å². The second-order valence-corrected chi connectivity index (χ2v) is 6.71. The second-order valence-electron chi connectivity index (χ2n) is 6.71. The normalized spacial score (nSPS) is 17.0. The lowest BCUT2D eigenvalue weighted by Crippen LogP contribution is -2.47. The lowest BCUT2D eigenvalue weighted by molar-refractivity contribution is -0.137. The van der Waals surface area contributed by atoms with Gasteiger partial charge in [0.05, 0.1) is 0 Å². The van der Waals surface area contributed by atoms with Gasteiger partial charge in [0.25, 0.3) is 0 Å². The van der Waals surface area contributed by atoms with Crippen LogP contribution in [0.15, 0.2) is 0 Å². The van der Waals surface area contributed by atoms with Crippen molar-refractivity contribution < 1.29 is 14.7 Å². The highest BCUT2D eigenvalue weighted by Crippen LogP contribution is 2.24. The number of carbonyl (C=O) groups is 2. The zero-order chi connectivity index (χ0) is 15.8. The zero-order valence-electron chi connectivity index (χ0n) is 13.6. The van der Waals surface area contributed by atoms with Crippen LogP contribution in [0, 0.1) is 11.8 Å². The molecule has 1 fully saturated rings. The number of carboxylic acids is 1. The molecular formula is C16H30N2O3. The summed E-state index contributed by atoms with van der Waals surface area (Å²) in [6, 6.07) is 0.388. The highest BCUT2D eigenvalue weighted by Gasteiger charge is 2.27. The maximum atomic E-state index is 12.4. The van der Waals surface area contributed by atoms with E-state index in [4.69, 9.17) is 5.11 Å². The Bertz CT molecular complexity index is 338. The number of carbonyl (C=O) groups excluding carboxylic acids is 1. The first-order valence-corrected chi connectivity index (χ1v) is 8.16. The molecule has 1 atom stereocenters. The molecule has 1 aliphatic carbocycles. The molecule has 2 N–H and O–H groups in total. The van der Waals surface area contributed by atoms with E-state index < -0.39 is 5.97 Å². The van der Waals surface area contributed by atoms with Crippen molar-refractivity contribution in [2.75, 3.05) is 13.1 Å². The number of urea groups is 1. The maximum Gasteiger partial charge on any atom is 0.317 e. The summed E-state index contributed by atoms with van der Waals surface area (Å²) in [6.07, 6.45) is 5.39. The van der Waals surface area contributed by atoms with Crippen LogP contribution in [0.25, 0.3) is 0 Å². The van der Waals surface area contributed by atoms with Gasteiger partial charge in [0.1, 0.15) is 0 Å². The van der Waals surface area contributed by atoms with Crippen LogP contribution in [0.3, 0.4) is 0 Å². The number of carboxylic acid groups (broad SMARTS) is 1. The maximum absolute atomic E-state index is 12.4. The SMILES string of the molecule is CC(C)CN(C(=O)NCC(C)CCC(=O)O)C1CCCC1. The fourth-order valence-electron chi connectivity index (χ4n) is 2.84. The third kappa shape index (κ3) is 6.82. The molecule has 0 spiro atoms. The first-order chi connectivity index (χ1) is 9.90. The highest BCUT2D eigenvalue weighted by atomic mass is 16.4. The molecule has 5 nitrogen and oxygen atoms in total. The van der Waals surface area contributed by atoms with E-state index in [1.807, 2.05) is 11.8 Å². The Morgan fingerprint density at radius 1 is 1.24 bits per heavy atom. The molecule has 0 radical (unpaired) electrons. The van der Waals surface area contributed by atoms with Gasteiger partial charge >= 0.3 is 12.0 Å². The molecule has 0 aromatic heterocycles. The van der Waals surface area contributed by atoms with Crippen LogP contribution in [-0.2, 0) is 4.79 Å². The predicted molar refractivity (Wildman–Crippen MR) is 83.2 cm³/mol. The molecule has 1 saturated carbocycles. The van der Waals surface area contributed by atoms with E-state index >= 15 is 0 Å². The first kappa shape index (κ1) is 17.8. The van der Waals surface area contributed by atoms with Crippen LogP contribution in [0.1, 0.15) is 59.3 Å². The molecule has 122 valence electrons. The van der Waals surface area contributed by atoms with Crippen LogP contribution in [-0.4, -0.2) is 41.1 Å². The summed E-state index contributed by atoms with van der Waals surface area (Å²) < 4.78 is 0. The van der Waals surface area contributed by atoms with Crippen molar-refractivity contribution in [3.8, 4) is 0 Å². The van der Waals surface area contributed by atoms with E-state index in [1.165, 1.54) is 12.8 Å². The van der Waals surface area contributed by atoms with Gasteiger partial charge in [0.15, 0.2) is 0 Å². The summed E-state index contributed by atoms with van der Waals surface area (Å²) >= 11 is 0. The summed E-state index contributed by atoms with van der Waals surface area (Å²) in [5, 5.41) is 11.7. The van der Waals surface area contributed by atoms with E-state index in [-0.39, 0.29) is 18.4 Å². The van der Waals surface area contributed by atoms with Gasteiger partial charge in [-0.15, -0.1) is 0 Å². The molecule has 0 saturated heterocycles. The van der Waals surface area contributed by atoms with Gasteiger partial charge in [-0.1, -0.05) is 33.6 Å². The van der Waals surface area contributed by atoms with E-state index in [9.17, 15) is 9.59 Å². The third-order valence-electron chi connectivity index (χ3n) is 4.04. The minimum absolute atomic E-state index is 0.0118. The van der Waals surface area contributed by atoms with Gasteiger partial charge in [-0.3, -0.25) is 4.79 Å². The number of amides is 2. The Balaban J connectivity index is 2.42. The van der Waals surface area contributed by atoms with E-state index in [1.54, 1.807) is 0 Å². The molecule has 21 heavy (non-hydrogen) atoms. The fraction of sp³-hybridized carbons (Fsp3) is 0.875. The van der Waals surface area contributed by atoms with Gasteiger partial charge in [-0.2, -0.15) is 0 Å². The summed E-state index contributed by atoms with van der Waals surface area (Å²) in [7, 11) is 0. The lowest BCUT2D eigenvalue weighted by atomic mass is 10.1. The summed E-state index contributed by atoms with van der Waals surface area (Å²) in [4.78, 5) is 24.9. The average molecular weight is 298 g/mol. The summed E-state index contributed by atoms with van der Waals surface area (Å²) in [5.74, 6) is -0.129. The number of aliphatic carboxylic acids is 1. The molecule has 0 aromatic rings. The molecule has 0 bridgehead atoms. The molecule has 0 heterocycles. The van der Waals surface area contributed by atoms with Crippen molar-refractivity contribution in [2.24, 2.45) is 11.8 Å². The second kappa shape index (κ2) is 8.90. The van der Waals surface area contributed by atoms with Gasteiger partial charge in [-0.25, -0.2) is 4.79 Å². The first-order valence-electron chi connectivity index (χ1n) is 8.16. The Morgan fingerprint density at radius 3 is 2.38 bits per heavy atom. The molecular weight excluding hydrogens is 268 g/mol. The Hall–Kier alpha value is -1.26. The quantitative estimate of drug-likeness (QED) is 0.723. The monoisotopic (exact) mass is 298 g/mol. The van der Waals surface area contributed by atoms with Gasteiger partial charge in [-0.05, 0) is 31.1 Å². The highest BCUT2D eigenvalue weighted by molar-refractivity contribution is 5.74. The van der Waals surface area contributed by atoms with Crippen LogP contribution < -0.4 is 5.32 Å². The fourth-order valence-corrected chi connectivity index (χ4v) is 2.84. The molecule has 5 heteroatoms. The van der Waals surface area contributed by atoms with Gasteiger partial charge in [0, 0.05) is 25.6 Å². The van der Waals surface area contributed by atoms with Crippen LogP contribution in [0.5, 0.6) is 0 Å². The van der Waals surface area contributed by atoms with Crippen LogP contribution in [0.2, 0.25) is 0 Å². The van der Waals surface area contributed by atoms with E-state index in [0.717, 1.165) is 19.4 Å². The molecule has 1 unspecified atom stereocenters. The van der Waals surface area contributed by atoms with Gasteiger partial charge < -0.3 is 15.3 Å². The van der Waals surface area contributed by atoms with Crippen molar-refractivity contribution in [2.45, 2.75) is 65.3 Å². The lowest BCUT2D eigenvalue weighted by Gasteiger charge is -2.31. The number of nitrogens with one attached hydrogen (secondary N) is 1. The molecule has 0 aliphatic heterocycles. The zero-order valence-corrected chi connectivity index (χ0v) is 13.6. The topological polar surface area (TPSA) is 69.6 Å². The third-order valence-corrected chi connectivity index (χ3v) is 4.04.